The first kappa shape index (κ1) is 21.1. The Balaban J connectivity index is 1.63. The molecule has 0 radical (unpaired) electrons. The fourth-order valence-electron chi connectivity index (χ4n) is 4.29. The van der Waals surface area contributed by atoms with Gasteiger partial charge < -0.3 is 14.7 Å². The number of aliphatic hydroxyl groups is 1. The van der Waals surface area contributed by atoms with Gasteiger partial charge in [0.15, 0.2) is 0 Å². The molecular weight excluding hydrogens is 400 g/mol. The minimum atomic E-state index is 0.283. The zero-order valence-corrected chi connectivity index (χ0v) is 18.9. The van der Waals surface area contributed by atoms with Gasteiger partial charge in [-0.2, -0.15) is 0 Å². The Labute approximate surface area is 182 Å². The summed E-state index contributed by atoms with van der Waals surface area (Å²) < 4.78 is 5.48. The molecule has 2 heterocycles. The Morgan fingerprint density at radius 3 is 2.66 bits per heavy atom. The van der Waals surface area contributed by atoms with Crippen molar-refractivity contribution in [1.82, 2.24) is 9.80 Å². The maximum atomic E-state index is 9.12. The zero-order chi connectivity index (χ0) is 20.2. The average Bonchev–Trinajstić information content (AvgIpc) is 2.93. The van der Waals surface area contributed by atoms with E-state index in [9.17, 15) is 0 Å². The van der Waals surface area contributed by atoms with Gasteiger partial charge in [0.25, 0.3) is 0 Å². The maximum absolute atomic E-state index is 9.12. The van der Waals surface area contributed by atoms with Gasteiger partial charge in [-0.05, 0) is 60.6 Å². The number of fused-ring (bicyclic) bond motifs is 2. The first-order valence-corrected chi connectivity index (χ1v) is 12.4. The predicted octanol–water partition coefficient (Wildman–Crippen LogP) is 4.17. The molecule has 1 saturated heterocycles. The van der Waals surface area contributed by atoms with E-state index >= 15 is 0 Å². The van der Waals surface area contributed by atoms with E-state index < -0.39 is 0 Å². The highest BCUT2D eigenvalue weighted by Crippen LogP contribution is 2.45. The molecule has 0 bridgehead atoms. The first-order valence-electron chi connectivity index (χ1n) is 10.3. The lowest BCUT2D eigenvalue weighted by molar-refractivity contribution is 0.0898. The topological polar surface area (TPSA) is 35.9 Å². The quantitative estimate of drug-likeness (QED) is 0.694. The molecule has 4 rings (SSSR count). The van der Waals surface area contributed by atoms with Crippen LogP contribution in [0.2, 0.25) is 0 Å². The molecule has 1 N–H and O–H groups in total. The molecule has 1 unspecified atom stereocenters. The molecule has 1 fully saturated rings. The highest BCUT2D eigenvalue weighted by atomic mass is 32.2. The van der Waals surface area contributed by atoms with Crippen LogP contribution in [0.3, 0.4) is 0 Å². The van der Waals surface area contributed by atoms with E-state index in [1.165, 1.54) is 25.8 Å². The van der Waals surface area contributed by atoms with E-state index in [2.05, 4.69) is 52.5 Å². The molecule has 0 aliphatic carbocycles. The third-order valence-electron chi connectivity index (χ3n) is 5.96. The van der Waals surface area contributed by atoms with Gasteiger partial charge >= 0.3 is 0 Å². The van der Waals surface area contributed by atoms with Crippen LogP contribution >= 0.6 is 23.5 Å². The van der Waals surface area contributed by atoms with Crippen LogP contribution < -0.4 is 4.74 Å². The predicted molar refractivity (Wildman–Crippen MR) is 122 cm³/mol. The Kier molecular flexibility index (Phi) is 7.08. The molecule has 0 saturated carbocycles. The van der Waals surface area contributed by atoms with E-state index in [0.29, 0.717) is 6.04 Å². The number of aliphatic hydroxyl groups excluding tert-OH is 1. The van der Waals surface area contributed by atoms with Gasteiger partial charge in [0.2, 0.25) is 0 Å². The molecule has 29 heavy (non-hydrogen) atoms. The van der Waals surface area contributed by atoms with Crippen LogP contribution in [0.15, 0.2) is 51.1 Å². The van der Waals surface area contributed by atoms with Crippen molar-refractivity contribution in [2.45, 2.75) is 33.6 Å². The lowest BCUT2D eigenvalue weighted by Gasteiger charge is -2.39. The second-order valence-electron chi connectivity index (χ2n) is 7.65. The van der Waals surface area contributed by atoms with Crippen LogP contribution in [-0.2, 0) is 6.42 Å². The molecule has 4 nitrogen and oxygen atoms in total. The number of thioether (sulfide) groups is 1. The average molecular weight is 431 g/mol. The van der Waals surface area contributed by atoms with Gasteiger partial charge in [0, 0.05) is 60.1 Å². The van der Waals surface area contributed by atoms with Gasteiger partial charge in [-0.15, -0.1) is 11.8 Å². The molecular formula is C23H30N2O2S2. The number of piperazine rings is 1. The molecule has 0 amide bonds. The molecule has 156 valence electrons. The van der Waals surface area contributed by atoms with Crippen molar-refractivity contribution < 1.29 is 9.84 Å². The third kappa shape index (κ3) is 4.78. The van der Waals surface area contributed by atoms with E-state index in [1.54, 1.807) is 7.11 Å². The molecule has 2 aliphatic rings. The number of methoxy groups -OCH3 is 1. The number of benzene rings is 2. The van der Waals surface area contributed by atoms with E-state index in [1.807, 2.05) is 23.5 Å². The van der Waals surface area contributed by atoms with Crippen molar-refractivity contribution in [3.8, 4) is 5.75 Å². The Bertz CT molecular complexity index is 838. The van der Waals surface area contributed by atoms with Crippen molar-refractivity contribution in [2.24, 2.45) is 0 Å². The number of hydrogen-bond acceptors (Lipinski definition) is 6. The monoisotopic (exact) mass is 430 g/mol. The molecule has 0 aromatic heterocycles. The fraction of sp³-hybridized carbons (Fsp3) is 0.478. The summed E-state index contributed by atoms with van der Waals surface area (Å²) in [4.78, 5) is 9.16. The highest BCUT2D eigenvalue weighted by molar-refractivity contribution is 7.99. The highest BCUT2D eigenvalue weighted by Gasteiger charge is 2.30. The number of hydrogen-bond donors (Lipinski definition) is 1. The lowest BCUT2D eigenvalue weighted by Crippen LogP contribution is -2.48. The summed E-state index contributed by atoms with van der Waals surface area (Å²) in [6.45, 7) is 5.60. The Hall–Kier alpha value is -1.18. The first-order chi connectivity index (χ1) is 14.2. The van der Waals surface area contributed by atoms with Crippen LogP contribution in [0.1, 0.15) is 23.6 Å². The second-order valence-corrected chi connectivity index (χ2v) is 9.62. The molecule has 2 aliphatic heterocycles. The standard InChI is InChI=1S/C23H30N2O2S2/c1-27-18-5-4-17-14-21(25-11-9-24(10-12-25)8-3-13-26)20-16-19(28-2)6-7-22(20)29-23(17)15-18/h4-7,15-16,21,26H,3,8-14H2,1-2H3. The van der Waals surface area contributed by atoms with Gasteiger partial charge in [0.1, 0.15) is 5.75 Å². The van der Waals surface area contributed by atoms with E-state index in [-0.39, 0.29) is 6.61 Å². The summed E-state index contributed by atoms with van der Waals surface area (Å²) in [6, 6.07) is 13.9. The third-order valence-corrected chi connectivity index (χ3v) is 7.88. The van der Waals surface area contributed by atoms with Crippen LogP contribution in [0, 0.1) is 0 Å². The smallest absolute Gasteiger partial charge is 0.120 e. The summed E-state index contributed by atoms with van der Waals surface area (Å²) >= 11 is 3.69. The number of nitrogens with zero attached hydrogens (tertiary/aromatic N) is 2. The SMILES string of the molecule is COc1ccc2c(c1)Sc1ccc(SC)cc1C(N1CCN(CCCO)CC1)C2. The maximum Gasteiger partial charge on any atom is 0.120 e. The van der Waals surface area contributed by atoms with Crippen LogP contribution in [0.5, 0.6) is 5.75 Å². The number of rotatable bonds is 6. The van der Waals surface area contributed by atoms with Crippen LogP contribution in [0.4, 0.5) is 0 Å². The van der Waals surface area contributed by atoms with Gasteiger partial charge in [0.05, 0.1) is 7.11 Å². The minimum Gasteiger partial charge on any atom is -0.497 e. The molecule has 1 atom stereocenters. The molecule has 0 spiro atoms. The van der Waals surface area contributed by atoms with E-state index in [4.69, 9.17) is 9.84 Å². The summed E-state index contributed by atoms with van der Waals surface area (Å²) in [5.74, 6) is 0.925. The largest absolute Gasteiger partial charge is 0.497 e. The Morgan fingerprint density at radius 1 is 1.10 bits per heavy atom. The van der Waals surface area contributed by atoms with Crippen LogP contribution in [0.25, 0.3) is 0 Å². The molecule has 6 heteroatoms. The summed E-state index contributed by atoms with van der Waals surface area (Å²) in [5, 5.41) is 9.12. The van der Waals surface area contributed by atoms with Crippen molar-refractivity contribution in [3.63, 3.8) is 0 Å². The van der Waals surface area contributed by atoms with E-state index in [0.717, 1.165) is 51.3 Å². The Morgan fingerprint density at radius 2 is 1.93 bits per heavy atom. The molecule has 2 aromatic rings. The zero-order valence-electron chi connectivity index (χ0n) is 17.3. The second kappa shape index (κ2) is 9.75. The summed E-state index contributed by atoms with van der Waals surface area (Å²) in [5.41, 5.74) is 2.87. The van der Waals surface area contributed by atoms with Crippen molar-refractivity contribution in [2.75, 3.05) is 52.7 Å². The lowest BCUT2D eigenvalue weighted by atomic mass is 9.96. The van der Waals surface area contributed by atoms with Crippen molar-refractivity contribution in [1.29, 1.82) is 0 Å². The minimum absolute atomic E-state index is 0.283. The van der Waals surface area contributed by atoms with Gasteiger partial charge in [-0.3, -0.25) is 4.90 Å². The summed E-state index contributed by atoms with van der Waals surface area (Å²) in [7, 11) is 1.74. The normalized spacial score (nSPS) is 20.0. The summed E-state index contributed by atoms with van der Waals surface area (Å²) in [6.07, 6.45) is 4.06. The van der Waals surface area contributed by atoms with Crippen LogP contribution in [-0.4, -0.2) is 67.6 Å². The van der Waals surface area contributed by atoms with Gasteiger partial charge in [-0.1, -0.05) is 17.8 Å². The molecule has 2 aromatic carbocycles. The van der Waals surface area contributed by atoms with Crippen molar-refractivity contribution in [3.05, 3.63) is 47.5 Å². The fourth-order valence-corrected chi connectivity index (χ4v) is 5.88. The van der Waals surface area contributed by atoms with Crippen molar-refractivity contribution >= 4 is 23.5 Å². The van der Waals surface area contributed by atoms with Gasteiger partial charge in [-0.25, -0.2) is 0 Å². The number of ether oxygens (including phenoxy) is 1.